The lowest BCUT2D eigenvalue weighted by Gasteiger charge is -2.34. The van der Waals surface area contributed by atoms with Gasteiger partial charge in [0, 0.05) is 26.2 Å². The van der Waals surface area contributed by atoms with Crippen LogP contribution >= 0.6 is 0 Å². The molecule has 0 saturated carbocycles. The highest BCUT2D eigenvalue weighted by Gasteiger charge is 2.25. The van der Waals surface area contributed by atoms with E-state index in [-0.39, 0.29) is 6.09 Å². The highest BCUT2D eigenvalue weighted by atomic mass is 16.7. The monoisotopic (exact) mass is 216 g/mol. The van der Waals surface area contributed by atoms with Crippen molar-refractivity contribution >= 4 is 6.09 Å². The van der Waals surface area contributed by atoms with Crippen LogP contribution in [0.2, 0.25) is 0 Å². The highest BCUT2D eigenvalue weighted by molar-refractivity contribution is 5.68. The van der Waals surface area contributed by atoms with E-state index in [1.54, 1.807) is 12.0 Å². The molecular formula is C10H20N2O3. The third kappa shape index (κ3) is 4.05. The van der Waals surface area contributed by atoms with Crippen LogP contribution in [-0.2, 0) is 9.57 Å². The van der Waals surface area contributed by atoms with Crippen LogP contribution in [0.3, 0.4) is 0 Å². The van der Waals surface area contributed by atoms with Gasteiger partial charge in [0.05, 0.1) is 7.11 Å². The molecule has 0 unspecified atom stereocenters. The molecule has 0 N–H and O–H groups in total. The van der Waals surface area contributed by atoms with Crippen molar-refractivity contribution in [2.45, 2.75) is 26.4 Å². The SMILES string of the molecule is CON1CCN(C(=O)OC(C)(C)C)CC1. The van der Waals surface area contributed by atoms with Gasteiger partial charge in [0.25, 0.3) is 0 Å². The lowest BCUT2D eigenvalue weighted by atomic mass is 10.2. The normalized spacial score (nSPS) is 19.1. The maximum atomic E-state index is 11.7. The Balaban J connectivity index is 2.37. The van der Waals surface area contributed by atoms with E-state index in [4.69, 9.17) is 9.57 Å². The second-order valence-corrected chi connectivity index (χ2v) is 4.58. The van der Waals surface area contributed by atoms with E-state index >= 15 is 0 Å². The molecule has 1 saturated heterocycles. The molecule has 1 fully saturated rings. The van der Waals surface area contributed by atoms with Gasteiger partial charge in [0.15, 0.2) is 0 Å². The summed E-state index contributed by atoms with van der Waals surface area (Å²) < 4.78 is 5.27. The second kappa shape index (κ2) is 4.81. The quantitative estimate of drug-likeness (QED) is 0.658. The van der Waals surface area contributed by atoms with Crippen molar-refractivity contribution in [2.24, 2.45) is 0 Å². The second-order valence-electron chi connectivity index (χ2n) is 4.58. The first-order valence-corrected chi connectivity index (χ1v) is 5.19. The Hall–Kier alpha value is -0.810. The molecule has 0 aromatic heterocycles. The van der Waals surface area contributed by atoms with Crippen molar-refractivity contribution in [3.8, 4) is 0 Å². The maximum Gasteiger partial charge on any atom is 0.410 e. The Labute approximate surface area is 90.9 Å². The molecule has 1 aliphatic rings. The van der Waals surface area contributed by atoms with Gasteiger partial charge in [0.2, 0.25) is 0 Å². The number of piperazine rings is 1. The number of carbonyl (C=O) groups is 1. The molecule has 1 rings (SSSR count). The summed E-state index contributed by atoms with van der Waals surface area (Å²) in [6.45, 7) is 8.39. The van der Waals surface area contributed by atoms with Gasteiger partial charge < -0.3 is 14.5 Å². The number of amides is 1. The summed E-state index contributed by atoms with van der Waals surface area (Å²) in [7, 11) is 1.64. The summed E-state index contributed by atoms with van der Waals surface area (Å²) in [5.74, 6) is 0. The van der Waals surface area contributed by atoms with Crippen molar-refractivity contribution in [3.63, 3.8) is 0 Å². The van der Waals surface area contributed by atoms with Crippen molar-refractivity contribution in [1.82, 2.24) is 9.96 Å². The zero-order valence-electron chi connectivity index (χ0n) is 9.95. The average Bonchev–Trinajstić information content (AvgIpc) is 2.15. The van der Waals surface area contributed by atoms with Crippen LogP contribution in [0.4, 0.5) is 4.79 Å². The fourth-order valence-electron chi connectivity index (χ4n) is 1.38. The summed E-state index contributed by atoms with van der Waals surface area (Å²) in [5.41, 5.74) is -0.421. The van der Waals surface area contributed by atoms with Gasteiger partial charge in [0.1, 0.15) is 5.60 Å². The smallest absolute Gasteiger partial charge is 0.410 e. The minimum atomic E-state index is -0.421. The van der Waals surface area contributed by atoms with Crippen LogP contribution in [0.15, 0.2) is 0 Å². The summed E-state index contributed by atoms with van der Waals surface area (Å²) >= 11 is 0. The van der Waals surface area contributed by atoms with Crippen molar-refractivity contribution in [1.29, 1.82) is 0 Å². The minimum absolute atomic E-state index is 0.238. The van der Waals surface area contributed by atoms with E-state index in [0.29, 0.717) is 13.1 Å². The largest absolute Gasteiger partial charge is 0.444 e. The molecule has 1 aliphatic heterocycles. The number of rotatable bonds is 1. The van der Waals surface area contributed by atoms with Gasteiger partial charge in [-0.2, -0.15) is 5.06 Å². The standard InChI is InChI=1S/C10H20N2O3/c1-10(2,3)15-9(13)11-5-7-12(14-4)8-6-11/h5-8H2,1-4H3. The van der Waals surface area contributed by atoms with Gasteiger partial charge in [-0.15, -0.1) is 0 Å². The van der Waals surface area contributed by atoms with Gasteiger partial charge in [-0.1, -0.05) is 0 Å². The van der Waals surface area contributed by atoms with Crippen LogP contribution in [0, 0.1) is 0 Å². The summed E-state index contributed by atoms with van der Waals surface area (Å²) in [6.07, 6.45) is -0.238. The summed E-state index contributed by atoms with van der Waals surface area (Å²) in [4.78, 5) is 18.4. The predicted molar refractivity (Wildman–Crippen MR) is 56.4 cm³/mol. The van der Waals surface area contributed by atoms with E-state index in [2.05, 4.69) is 0 Å². The lowest BCUT2D eigenvalue weighted by Crippen LogP contribution is -2.49. The molecule has 0 aromatic carbocycles. The lowest BCUT2D eigenvalue weighted by molar-refractivity contribution is -0.150. The number of hydrogen-bond acceptors (Lipinski definition) is 4. The van der Waals surface area contributed by atoms with Crippen LogP contribution in [-0.4, -0.2) is 54.9 Å². The zero-order chi connectivity index (χ0) is 11.5. The molecule has 0 atom stereocenters. The van der Waals surface area contributed by atoms with Crippen LogP contribution < -0.4 is 0 Å². The first-order chi connectivity index (χ1) is 6.92. The Bertz CT molecular complexity index is 217. The highest BCUT2D eigenvalue weighted by Crippen LogP contribution is 2.11. The maximum absolute atomic E-state index is 11.7. The molecule has 5 heteroatoms. The Morgan fingerprint density at radius 3 is 2.07 bits per heavy atom. The van der Waals surface area contributed by atoms with Crippen LogP contribution in [0.25, 0.3) is 0 Å². The Kier molecular flexibility index (Phi) is 3.93. The fourth-order valence-corrected chi connectivity index (χ4v) is 1.38. The molecule has 0 bridgehead atoms. The number of carbonyl (C=O) groups excluding carboxylic acids is 1. The molecule has 0 aromatic rings. The fraction of sp³-hybridized carbons (Fsp3) is 0.900. The Morgan fingerprint density at radius 2 is 1.67 bits per heavy atom. The number of hydroxylamine groups is 2. The van der Waals surface area contributed by atoms with Crippen molar-refractivity contribution in [2.75, 3.05) is 33.3 Å². The van der Waals surface area contributed by atoms with Gasteiger partial charge >= 0.3 is 6.09 Å². The molecule has 1 heterocycles. The van der Waals surface area contributed by atoms with E-state index in [1.807, 2.05) is 25.8 Å². The molecule has 0 aliphatic carbocycles. The van der Waals surface area contributed by atoms with Crippen LogP contribution in [0.5, 0.6) is 0 Å². The minimum Gasteiger partial charge on any atom is -0.444 e. The molecule has 88 valence electrons. The summed E-state index contributed by atoms with van der Waals surface area (Å²) in [6, 6.07) is 0. The molecule has 0 radical (unpaired) electrons. The zero-order valence-corrected chi connectivity index (χ0v) is 9.95. The first kappa shape index (κ1) is 12.3. The van der Waals surface area contributed by atoms with E-state index in [9.17, 15) is 4.79 Å². The summed E-state index contributed by atoms with van der Waals surface area (Å²) in [5, 5.41) is 1.83. The number of nitrogens with zero attached hydrogens (tertiary/aromatic N) is 2. The predicted octanol–water partition coefficient (Wildman–Crippen LogP) is 1.10. The first-order valence-electron chi connectivity index (χ1n) is 5.19. The van der Waals surface area contributed by atoms with E-state index < -0.39 is 5.60 Å². The van der Waals surface area contributed by atoms with Gasteiger partial charge in [-0.25, -0.2) is 4.79 Å². The van der Waals surface area contributed by atoms with Crippen molar-refractivity contribution in [3.05, 3.63) is 0 Å². The Morgan fingerprint density at radius 1 is 1.13 bits per heavy atom. The van der Waals surface area contributed by atoms with Gasteiger partial charge in [-0.05, 0) is 20.8 Å². The van der Waals surface area contributed by atoms with Crippen LogP contribution in [0.1, 0.15) is 20.8 Å². The topological polar surface area (TPSA) is 42.0 Å². The van der Waals surface area contributed by atoms with Crippen molar-refractivity contribution < 1.29 is 14.4 Å². The molecule has 5 nitrogen and oxygen atoms in total. The third-order valence-corrected chi connectivity index (χ3v) is 2.15. The molecule has 1 amide bonds. The van der Waals surface area contributed by atoms with E-state index in [0.717, 1.165) is 13.1 Å². The molecular weight excluding hydrogens is 196 g/mol. The number of ether oxygens (including phenoxy) is 1. The third-order valence-electron chi connectivity index (χ3n) is 2.15. The average molecular weight is 216 g/mol. The number of hydrogen-bond donors (Lipinski definition) is 0. The molecule has 0 spiro atoms. The molecule has 15 heavy (non-hydrogen) atoms. The van der Waals surface area contributed by atoms with E-state index in [1.165, 1.54) is 0 Å². The van der Waals surface area contributed by atoms with Gasteiger partial charge in [-0.3, -0.25) is 0 Å².